The third-order valence-electron chi connectivity index (χ3n) is 4.33. The molecule has 0 aliphatic rings. The first-order valence-corrected chi connectivity index (χ1v) is 9.21. The smallest absolute Gasteiger partial charge is 0.255 e. The van der Waals surface area contributed by atoms with Gasteiger partial charge in [-0.05, 0) is 48.9 Å². The van der Waals surface area contributed by atoms with Crippen LogP contribution in [0.1, 0.15) is 15.9 Å². The molecule has 5 nitrogen and oxygen atoms in total. The normalized spacial score (nSPS) is 10.4. The highest BCUT2D eigenvalue weighted by atomic mass is 16.5. The summed E-state index contributed by atoms with van der Waals surface area (Å²) in [6.07, 6.45) is 1.46. The molecule has 0 radical (unpaired) electrons. The molecule has 0 unspecified atom stereocenters. The summed E-state index contributed by atoms with van der Waals surface area (Å²) in [6, 6.07) is 26.2. The number of carbonyl (C=O) groups is 1. The summed E-state index contributed by atoms with van der Waals surface area (Å²) in [5, 5.41) is 2.91. The number of para-hydroxylation sites is 1. The van der Waals surface area contributed by atoms with Crippen LogP contribution in [0.2, 0.25) is 0 Å². The molecule has 1 heterocycles. The summed E-state index contributed by atoms with van der Waals surface area (Å²) in [7, 11) is 0. The molecule has 5 heteroatoms. The number of amides is 1. The lowest BCUT2D eigenvalue weighted by molar-refractivity contribution is 0.102. The van der Waals surface area contributed by atoms with Crippen LogP contribution >= 0.6 is 0 Å². The third-order valence-corrected chi connectivity index (χ3v) is 4.33. The molecule has 4 aromatic rings. The number of carbonyl (C=O) groups excluding carboxylic acids is 1. The maximum absolute atomic E-state index is 12.5. The number of aryl methyl sites for hydroxylation is 1. The molecule has 1 aromatic heterocycles. The third kappa shape index (κ3) is 4.65. The van der Waals surface area contributed by atoms with Crippen molar-refractivity contribution in [3.8, 4) is 22.9 Å². The van der Waals surface area contributed by atoms with Gasteiger partial charge in [-0.1, -0.05) is 42.5 Å². The predicted octanol–water partition coefficient (Wildman–Crippen LogP) is 5.50. The maximum atomic E-state index is 12.5. The Bertz CT molecular complexity index is 1130. The van der Waals surface area contributed by atoms with E-state index in [9.17, 15) is 4.79 Å². The van der Waals surface area contributed by atoms with Gasteiger partial charge >= 0.3 is 0 Å². The zero-order valence-electron chi connectivity index (χ0n) is 15.9. The van der Waals surface area contributed by atoms with Gasteiger partial charge in [0.1, 0.15) is 12.1 Å². The standard InChI is InChI=1S/C24H19N3O2/c1-17-6-5-7-20(14-17)27-24(28)19-12-10-18(11-13-19)22-15-23(26-16-25-22)29-21-8-3-2-4-9-21/h2-16H,1H3,(H,27,28). The number of anilines is 1. The fourth-order valence-corrected chi connectivity index (χ4v) is 2.88. The van der Waals surface area contributed by atoms with Crippen molar-refractivity contribution in [2.75, 3.05) is 5.32 Å². The fraction of sp³-hybridized carbons (Fsp3) is 0.0417. The topological polar surface area (TPSA) is 64.1 Å². The predicted molar refractivity (Wildman–Crippen MR) is 113 cm³/mol. The molecule has 0 saturated heterocycles. The Hall–Kier alpha value is -3.99. The van der Waals surface area contributed by atoms with Crippen molar-refractivity contribution in [2.24, 2.45) is 0 Å². The minimum absolute atomic E-state index is 0.155. The van der Waals surface area contributed by atoms with Crippen LogP contribution in [0.5, 0.6) is 11.6 Å². The zero-order valence-corrected chi connectivity index (χ0v) is 15.9. The van der Waals surface area contributed by atoms with Gasteiger partial charge in [0.2, 0.25) is 5.88 Å². The summed E-state index contributed by atoms with van der Waals surface area (Å²) in [4.78, 5) is 20.9. The number of benzene rings is 3. The van der Waals surface area contributed by atoms with Gasteiger partial charge in [0.05, 0.1) is 5.69 Å². The lowest BCUT2D eigenvalue weighted by Gasteiger charge is -2.08. The number of ether oxygens (including phenoxy) is 1. The summed E-state index contributed by atoms with van der Waals surface area (Å²) in [5.41, 5.74) is 4.03. The average Bonchev–Trinajstić information content (AvgIpc) is 2.75. The summed E-state index contributed by atoms with van der Waals surface area (Å²) >= 11 is 0. The lowest BCUT2D eigenvalue weighted by atomic mass is 10.1. The van der Waals surface area contributed by atoms with Crippen LogP contribution in [-0.4, -0.2) is 15.9 Å². The fourth-order valence-electron chi connectivity index (χ4n) is 2.88. The van der Waals surface area contributed by atoms with Crippen LogP contribution < -0.4 is 10.1 Å². The Morgan fingerprint density at radius 2 is 1.66 bits per heavy atom. The summed E-state index contributed by atoms with van der Waals surface area (Å²) < 4.78 is 5.76. The second-order valence-electron chi connectivity index (χ2n) is 6.56. The number of hydrogen-bond acceptors (Lipinski definition) is 4. The lowest BCUT2D eigenvalue weighted by Crippen LogP contribution is -2.11. The molecule has 29 heavy (non-hydrogen) atoms. The van der Waals surface area contributed by atoms with E-state index in [0.29, 0.717) is 17.2 Å². The van der Waals surface area contributed by atoms with Crippen molar-refractivity contribution in [2.45, 2.75) is 6.92 Å². The molecule has 1 amide bonds. The molecular weight excluding hydrogens is 362 g/mol. The molecule has 4 rings (SSSR count). The Morgan fingerprint density at radius 3 is 2.41 bits per heavy atom. The summed E-state index contributed by atoms with van der Waals surface area (Å²) in [6.45, 7) is 1.99. The highest BCUT2D eigenvalue weighted by Crippen LogP contribution is 2.24. The molecule has 142 valence electrons. The van der Waals surface area contributed by atoms with Crippen LogP contribution in [0, 0.1) is 6.92 Å². The first-order chi connectivity index (χ1) is 14.2. The van der Waals surface area contributed by atoms with Crippen LogP contribution in [0.25, 0.3) is 11.3 Å². The largest absolute Gasteiger partial charge is 0.439 e. The maximum Gasteiger partial charge on any atom is 0.255 e. The summed E-state index contributed by atoms with van der Waals surface area (Å²) in [5.74, 6) is 1.01. The van der Waals surface area contributed by atoms with Crippen molar-refractivity contribution in [3.63, 3.8) is 0 Å². The number of nitrogens with one attached hydrogen (secondary N) is 1. The number of aromatic nitrogens is 2. The van der Waals surface area contributed by atoms with Crippen LogP contribution in [0.4, 0.5) is 5.69 Å². The van der Waals surface area contributed by atoms with E-state index in [2.05, 4.69) is 15.3 Å². The van der Waals surface area contributed by atoms with Gasteiger partial charge in [0.15, 0.2) is 0 Å². The minimum Gasteiger partial charge on any atom is -0.439 e. The zero-order chi connectivity index (χ0) is 20.1. The average molecular weight is 381 g/mol. The molecule has 0 atom stereocenters. The van der Waals surface area contributed by atoms with Crippen molar-refractivity contribution in [1.82, 2.24) is 9.97 Å². The van der Waals surface area contributed by atoms with E-state index in [1.807, 2.05) is 73.7 Å². The highest BCUT2D eigenvalue weighted by molar-refractivity contribution is 6.04. The van der Waals surface area contributed by atoms with Gasteiger partial charge in [-0.2, -0.15) is 0 Å². The van der Waals surface area contributed by atoms with Gasteiger partial charge in [-0.25, -0.2) is 9.97 Å². The molecule has 0 fully saturated rings. The SMILES string of the molecule is Cc1cccc(NC(=O)c2ccc(-c3cc(Oc4ccccc4)ncn3)cc2)c1. The molecule has 0 aliphatic carbocycles. The molecule has 1 N–H and O–H groups in total. The minimum atomic E-state index is -0.155. The second kappa shape index (κ2) is 8.35. The first-order valence-electron chi connectivity index (χ1n) is 9.21. The molecular formula is C24H19N3O2. The van der Waals surface area contributed by atoms with Gasteiger partial charge in [0, 0.05) is 22.9 Å². The Morgan fingerprint density at radius 1 is 0.862 bits per heavy atom. The Balaban J connectivity index is 1.49. The van der Waals surface area contributed by atoms with E-state index in [-0.39, 0.29) is 5.91 Å². The van der Waals surface area contributed by atoms with Crippen molar-refractivity contribution >= 4 is 11.6 Å². The van der Waals surface area contributed by atoms with Crippen LogP contribution in [-0.2, 0) is 0 Å². The molecule has 3 aromatic carbocycles. The Kier molecular flexibility index (Phi) is 5.29. The van der Waals surface area contributed by atoms with Crippen molar-refractivity contribution < 1.29 is 9.53 Å². The van der Waals surface area contributed by atoms with Crippen LogP contribution in [0.3, 0.4) is 0 Å². The van der Waals surface area contributed by atoms with Crippen molar-refractivity contribution in [3.05, 3.63) is 102 Å². The first kappa shape index (κ1) is 18.4. The van der Waals surface area contributed by atoms with Gasteiger partial charge < -0.3 is 10.1 Å². The van der Waals surface area contributed by atoms with E-state index in [0.717, 1.165) is 22.5 Å². The van der Waals surface area contributed by atoms with Crippen molar-refractivity contribution in [1.29, 1.82) is 0 Å². The van der Waals surface area contributed by atoms with Crippen LogP contribution in [0.15, 0.2) is 91.3 Å². The number of nitrogens with zero attached hydrogens (tertiary/aromatic N) is 2. The van der Waals surface area contributed by atoms with Gasteiger partial charge in [0.25, 0.3) is 5.91 Å². The second-order valence-corrected chi connectivity index (χ2v) is 6.56. The van der Waals surface area contributed by atoms with E-state index in [1.54, 1.807) is 18.2 Å². The Labute approximate surface area is 169 Å². The molecule has 0 spiro atoms. The van der Waals surface area contributed by atoms with E-state index >= 15 is 0 Å². The van der Waals surface area contributed by atoms with E-state index < -0.39 is 0 Å². The van der Waals surface area contributed by atoms with Gasteiger partial charge in [-0.3, -0.25) is 4.79 Å². The van der Waals surface area contributed by atoms with E-state index in [4.69, 9.17) is 4.74 Å². The molecule has 0 saturated carbocycles. The molecule has 0 bridgehead atoms. The number of hydrogen-bond donors (Lipinski definition) is 1. The molecule has 0 aliphatic heterocycles. The quantitative estimate of drug-likeness (QED) is 0.496. The number of rotatable bonds is 5. The van der Waals surface area contributed by atoms with E-state index in [1.165, 1.54) is 6.33 Å². The van der Waals surface area contributed by atoms with Gasteiger partial charge in [-0.15, -0.1) is 0 Å². The monoisotopic (exact) mass is 381 g/mol. The highest BCUT2D eigenvalue weighted by Gasteiger charge is 2.08.